The molecule has 0 aromatic carbocycles. The highest BCUT2D eigenvalue weighted by molar-refractivity contribution is 7.92. The molecule has 0 aromatic rings. The summed E-state index contributed by atoms with van der Waals surface area (Å²) in [5, 5.41) is 8.51. The van der Waals surface area contributed by atoms with Crippen molar-refractivity contribution in [2.45, 2.75) is 141 Å². The van der Waals surface area contributed by atoms with Crippen LogP contribution in [0.3, 0.4) is 0 Å². The lowest BCUT2D eigenvalue weighted by molar-refractivity contribution is -0.137. The third-order valence-corrected chi connectivity index (χ3v) is 8.18. The highest BCUT2D eigenvalue weighted by Gasteiger charge is 2.24. The lowest BCUT2D eigenvalue weighted by Crippen LogP contribution is -2.24. The van der Waals surface area contributed by atoms with E-state index in [2.05, 4.69) is 13.8 Å². The van der Waals surface area contributed by atoms with Crippen LogP contribution in [0, 0.1) is 0 Å². The zero-order valence-corrected chi connectivity index (χ0v) is 20.1. The van der Waals surface area contributed by atoms with E-state index >= 15 is 0 Å². The summed E-state index contributed by atoms with van der Waals surface area (Å²) in [6, 6.07) is 0. The van der Waals surface area contributed by atoms with E-state index in [1.165, 1.54) is 32.1 Å². The molecule has 0 aromatic heterocycles. The minimum atomic E-state index is -2.99. The number of hydrogen-bond acceptors (Lipinski definition) is 3. The van der Waals surface area contributed by atoms with Gasteiger partial charge in [0, 0.05) is 6.42 Å². The summed E-state index contributed by atoms with van der Waals surface area (Å²) in [5.41, 5.74) is 0. The fraction of sp³-hybridized carbons (Fsp3) is 0.958. The van der Waals surface area contributed by atoms with E-state index in [0.717, 1.165) is 83.5 Å². The molecule has 5 heteroatoms. The average molecular weight is 433 g/mol. The minimum absolute atomic E-state index is 0.168. The van der Waals surface area contributed by atoms with Gasteiger partial charge in [0.25, 0.3) is 0 Å². The van der Waals surface area contributed by atoms with Crippen LogP contribution in [-0.2, 0) is 14.6 Å². The first-order valence-corrected chi connectivity index (χ1v) is 14.1. The van der Waals surface area contributed by atoms with E-state index in [9.17, 15) is 13.2 Å². The molecule has 1 atom stereocenters. The third kappa shape index (κ3) is 17.9. The van der Waals surface area contributed by atoms with E-state index in [4.69, 9.17) is 5.11 Å². The van der Waals surface area contributed by atoms with Crippen molar-refractivity contribution in [3.8, 4) is 0 Å². The maximum atomic E-state index is 12.9. The Morgan fingerprint density at radius 3 is 1.55 bits per heavy atom. The van der Waals surface area contributed by atoms with Crippen LogP contribution >= 0.6 is 0 Å². The zero-order chi connectivity index (χ0) is 21.8. The van der Waals surface area contributed by atoms with Gasteiger partial charge in [-0.2, -0.15) is 0 Å². The van der Waals surface area contributed by atoms with Crippen LogP contribution in [0.2, 0.25) is 0 Å². The molecule has 1 unspecified atom stereocenters. The van der Waals surface area contributed by atoms with Crippen molar-refractivity contribution in [1.82, 2.24) is 0 Å². The molecule has 1 N–H and O–H groups in total. The largest absolute Gasteiger partial charge is 0.481 e. The van der Waals surface area contributed by atoms with E-state index in [1.807, 2.05) is 0 Å². The maximum absolute atomic E-state index is 12.9. The first-order chi connectivity index (χ1) is 13.9. The van der Waals surface area contributed by atoms with Gasteiger partial charge in [-0.1, -0.05) is 104 Å². The maximum Gasteiger partial charge on any atom is 0.303 e. The van der Waals surface area contributed by atoms with Gasteiger partial charge < -0.3 is 5.11 Å². The third-order valence-electron chi connectivity index (χ3n) is 5.84. The van der Waals surface area contributed by atoms with Crippen molar-refractivity contribution in [3.63, 3.8) is 0 Å². The molecule has 174 valence electrons. The number of carboxylic acid groups (broad SMARTS) is 1. The normalized spacial score (nSPS) is 12.9. The monoisotopic (exact) mass is 432 g/mol. The van der Waals surface area contributed by atoms with Gasteiger partial charge in [0.2, 0.25) is 0 Å². The van der Waals surface area contributed by atoms with E-state index < -0.39 is 15.8 Å². The van der Waals surface area contributed by atoms with Gasteiger partial charge in [-0.3, -0.25) is 4.79 Å². The Morgan fingerprint density at radius 2 is 1.07 bits per heavy atom. The Labute approximate surface area is 181 Å². The lowest BCUT2D eigenvalue weighted by atomic mass is 10.0. The van der Waals surface area contributed by atoms with Gasteiger partial charge in [0.05, 0.1) is 11.0 Å². The predicted octanol–water partition coefficient (Wildman–Crippen LogP) is 7.31. The van der Waals surface area contributed by atoms with Crippen LogP contribution in [0.1, 0.15) is 136 Å². The van der Waals surface area contributed by atoms with E-state index in [-0.39, 0.29) is 11.7 Å². The Kier molecular flexibility index (Phi) is 19.0. The van der Waals surface area contributed by atoms with Crippen molar-refractivity contribution in [2.24, 2.45) is 0 Å². The second-order valence-electron chi connectivity index (χ2n) is 8.66. The van der Waals surface area contributed by atoms with Crippen LogP contribution in [0.25, 0.3) is 0 Å². The van der Waals surface area contributed by atoms with Gasteiger partial charge >= 0.3 is 5.97 Å². The zero-order valence-electron chi connectivity index (χ0n) is 19.3. The molecule has 0 spiro atoms. The topological polar surface area (TPSA) is 71.4 Å². The lowest BCUT2D eigenvalue weighted by Gasteiger charge is -2.18. The molecule has 4 nitrogen and oxygen atoms in total. The Morgan fingerprint density at radius 1 is 0.655 bits per heavy atom. The predicted molar refractivity (Wildman–Crippen MR) is 124 cm³/mol. The van der Waals surface area contributed by atoms with Gasteiger partial charge in [0.15, 0.2) is 9.84 Å². The molecule has 0 saturated heterocycles. The molecule has 0 bridgehead atoms. The first kappa shape index (κ1) is 28.4. The van der Waals surface area contributed by atoms with Crippen molar-refractivity contribution in [3.05, 3.63) is 0 Å². The molecule has 0 aliphatic rings. The molecule has 0 fully saturated rings. The molecule has 29 heavy (non-hydrogen) atoms. The van der Waals surface area contributed by atoms with Crippen molar-refractivity contribution in [2.75, 3.05) is 5.75 Å². The molecule has 0 aliphatic heterocycles. The average Bonchev–Trinajstić information content (AvgIpc) is 2.67. The van der Waals surface area contributed by atoms with Crippen LogP contribution in [0.15, 0.2) is 0 Å². The number of unbranched alkanes of at least 4 members (excludes halogenated alkanes) is 13. The second-order valence-corrected chi connectivity index (χ2v) is 11.1. The summed E-state index contributed by atoms with van der Waals surface area (Å²) in [5.74, 6) is -0.374. The van der Waals surface area contributed by atoms with Crippen molar-refractivity contribution >= 4 is 15.8 Å². The smallest absolute Gasteiger partial charge is 0.303 e. The Hall–Kier alpha value is -0.580. The molecular formula is C24H48O4S. The summed E-state index contributed by atoms with van der Waals surface area (Å²) < 4.78 is 25.7. The van der Waals surface area contributed by atoms with Crippen molar-refractivity contribution in [1.29, 1.82) is 0 Å². The SMILES string of the molecule is CCCCCCCCCC(CCCCCCCC(=O)O)S(=O)(=O)CCCCCC. The summed E-state index contributed by atoms with van der Waals surface area (Å²) >= 11 is 0. The highest BCUT2D eigenvalue weighted by Crippen LogP contribution is 2.22. The number of hydrogen-bond donors (Lipinski definition) is 1. The summed E-state index contributed by atoms with van der Waals surface area (Å²) in [6.45, 7) is 4.37. The fourth-order valence-electron chi connectivity index (χ4n) is 3.91. The number of carboxylic acids is 1. The molecule has 0 heterocycles. The highest BCUT2D eigenvalue weighted by atomic mass is 32.2. The molecule has 0 rings (SSSR count). The fourth-order valence-corrected chi connectivity index (χ4v) is 5.90. The Balaban J connectivity index is 4.27. The van der Waals surface area contributed by atoms with Crippen molar-refractivity contribution < 1.29 is 18.3 Å². The van der Waals surface area contributed by atoms with Gasteiger partial charge in [-0.25, -0.2) is 8.42 Å². The summed E-state index contributed by atoms with van der Waals surface area (Å²) in [6.07, 6.45) is 19.1. The Bertz CT molecular complexity index is 473. The van der Waals surface area contributed by atoms with Gasteiger partial charge in [-0.05, 0) is 25.7 Å². The molecule has 0 amide bonds. The quantitative estimate of drug-likeness (QED) is 0.182. The van der Waals surface area contributed by atoms with Crippen LogP contribution in [0.5, 0.6) is 0 Å². The minimum Gasteiger partial charge on any atom is -0.481 e. The first-order valence-electron chi connectivity index (χ1n) is 12.4. The molecule has 0 saturated carbocycles. The van der Waals surface area contributed by atoms with Crippen LogP contribution in [-0.4, -0.2) is 30.5 Å². The summed E-state index contributed by atoms with van der Waals surface area (Å²) in [7, 11) is -2.99. The molecular weight excluding hydrogens is 384 g/mol. The van der Waals surface area contributed by atoms with Crippen LogP contribution in [0.4, 0.5) is 0 Å². The number of carbonyl (C=O) groups is 1. The standard InChI is InChI=1S/C24H48O4S/c1-3-5-7-9-10-12-15-19-23(29(27,28)22-18-8-6-4-2)20-16-13-11-14-17-21-24(25)26/h23H,3-22H2,1-2H3,(H,25,26). The summed E-state index contributed by atoms with van der Waals surface area (Å²) in [4.78, 5) is 10.5. The van der Waals surface area contributed by atoms with Crippen LogP contribution < -0.4 is 0 Å². The van der Waals surface area contributed by atoms with Gasteiger partial charge in [0.1, 0.15) is 0 Å². The molecule has 0 aliphatic carbocycles. The van der Waals surface area contributed by atoms with E-state index in [1.54, 1.807) is 0 Å². The number of aliphatic carboxylic acids is 1. The number of rotatable bonds is 22. The second kappa shape index (κ2) is 19.4. The number of sulfone groups is 1. The van der Waals surface area contributed by atoms with E-state index in [0.29, 0.717) is 5.75 Å². The molecule has 0 radical (unpaired) electrons. The van der Waals surface area contributed by atoms with Gasteiger partial charge in [-0.15, -0.1) is 0 Å².